The Morgan fingerprint density at radius 2 is 1.81 bits per heavy atom. The number of halogens is 3. The molecule has 224 valence electrons. The van der Waals surface area contributed by atoms with Crippen LogP contribution in [0.5, 0.6) is 5.88 Å². The van der Waals surface area contributed by atoms with Crippen molar-refractivity contribution in [1.29, 1.82) is 0 Å². The van der Waals surface area contributed by atoms with Crippen LogP contribution in [0.25, 0.3) is 0 Å². The van der Waals surface area contributed by atoms with Gasteiger partial charge in [0.1, 0.15) is 22.9 Å². The van der Waals surface area contributed by atoms with Gasteiger partial charge in [-0.2, -0.15) is 0 Å². The van der Waals surface area contributed by atoms with Gasteiger partial charge in [-0.1, -0.05) is 11.6 Å². The van der Waals surface area contributed by atoms with E-state index >= 15 is 0 Å². The topological polar surface area (TPSA) is 133 Å². The van der Waals surface area contributed by atoms with Crippen molar-refractivity contribution in [3.8, 4) is 5.88 Å². The van der Waals surface area contributed by atoms with Crippen LogP contribution < -0.4 is 10.1 Å². The Bertz CT molecular complexity index is 1500. The highest BCUT2D eigenvalue weighted by Gasteiger charge is 2.26. The Morgan fingerprint density at radius 1 is 1.10 bits per heavy atom. The smallest absolute Gasteiger partial charge is 0.410 e. The number of hydrogen-bond acceptors (Lipinski definition) is 9. The lowest BCUT2D eigenvalue weighted by molar-refractivity contribution is -0.386. The highest BCUT2D eigenvalue weighted by atomic mass is 35.5. The Kier molecular flexibility index (Phi) is 10.2. The van der Waals surface area contributed by atoms with Crippen LogP contribution in [-0.4, -0.2) is 53.2 Å². The summed E-state index contributed by atoms with van der Waals surface area (Å²) in [4.78, 5) is 41.9. The number of pyridine rings is 1. The van der Waals surface area contributed by atoms with Gasteiger partial charge in [0.2, 0.25) is 5.88 Å². The predicted octanol–water partition coefficient (Wildman–Crippen LogP) is 6.44. The van der Waals surface area contributed by atoms with Gasteiger partial charge in [-0.25, -0.2) is 23.4 Å². The van der Waals surface area contributed by atoms with Crippen LogP contribution in [0, 0.1) is 21.7 Å². The van der Waals surface area contributed by atoms with E-state index in [1.807, 2.05) is 0 Å². The zero-order valence-corrected chi connectivity index (χ0v) is 24.3. The Hall–Kier alpha value is -4.52. The Labute approximate surface area is 245 Å². The third kappa shape index (κ3) is 8.26. The maximum Gasteiger partial charge on any atom is 0.410 e. The van der Waals surface area contributed by atoms with Gasteiger partial charge >= 0.3 is 12.1 Å². The first-order valence-electron chi connectivity index (χ1n) is 12.5. The molecular weight excluding hydrogens is 578 g/mol. The molecule has 1 heterocycles. The summed E-state index contributed by atoms with van der Waals surface area (Å²) >= 11 is 5.86. The van der Waals surface area contributed by atoms with Gasteiger partial charge in [-0.15, -0.1) is 0 Å². The van der Waals surface area contributed by atoms with Crippen molar-refractivity contribution in [2.24, 2.45) is 0 Å². The maximum absolute atomic E-state index is 14.5. The summed E-state index contributed by atoms with van der Waals surface area (Å²) in [6, 6.07) is 8.31. The van der Waals surface area contributed by atoms with Crippen LogP contribution in [0.15, 0.2) is 42.5 Å². The third-order valence-corrected chi connectivity index (χ3v) is 6.05. The number of aromatic nitrogens is 1. The molecule has 0 unspecified atom stereocenters. The van der Waals surface area contributed by atoms with E-state index in [4.69, 9.17) is 25.8 Å². The Morgan fingerprint density at radius 3 is 2.43 bits per heavy atom. The van der Waals surface area contributed by atoms with Crippen molar-refractivity contribution in [3.05, 3.63) is 86.1 Å². The van der Waals surface area contributed by atoms with Crippen molar-refractivity contribution in [2.45, 2.75) is 39.3 Å². The molecule has 0 radical (unpaired) electrons. The largest absolute Gasteiger partial charge is 0.481 e. The lowest BCUT2D eigenvalue weighted by atomic mass is 10.1. The van der Waals surface area contributed by atoms with E-state index in [0.29, 0.717) is 0 Å². The molecular formula is C28H29ClF2N4O7. The fraction of sp³-hybridized carbons (Fsp3) is 0.321. The van der Waals surface area contributed by atoms with Gasteiger partial charge in [0.25, 0.3) is 5.69 Å². The van der Waals surface area contributed by atoms with E-state index in [9.17, 15) is 28.5 Å². The molecule has 42 heavy (non-hydrogen) atoms. The molecule has 2 aromatic carbocycles. The zero-order valence-electron chi connectivity index (χ0n) is 23.5. The zero-order chi connectivity index (χ0) is 31.2. The number of hydrogen-bond donors (Lipinski definition) is 1. The number of anilines is 2. The Balaban J connectivity index is 2.01. The van der Waals surface area contributed by atoms with Crippen LogP contribution in [-0.2, 0) is 22.4 Å². The molecule has 0 saturated heterocycles. The SMILES string of the molecule is COC(=O)c1cc(Cl)c(F)cc1Nc1ccc(F)cc1CN(CCc1nc(OC)ccc1[N+](=O)[O-])C(=O)OC(C)(C)C. The molecule has 0 bridgehead atoms. The average molecular weight is 607 g/mol. The molecule has 0 aliphatic rings. The van der Waals surface area contributed by atoms with Crippen molar-refractivity contribution >= 4 is 40.7 Å². The van der Waals surface area contributed by atoms with Crippen molar-refractivity contribution in [3.63, 3.8) is 0 Å². The number of rotatable bonds is 10. The van der Waals surface area contributed by atoms with Crippen molar-refractivity contribution < 1.29 is 37.5 Å². The number of benzene rings is 2. The van der Waals surface area contributed by atoms with Gasteiger partial charge in [0.05, 0.1) is 42.0 Å². The second-order valence-electron chi connectivity index (χ2n) is 9.96. The van der Waals surface area contributed by atoms with Gasteiger partial charge in [-0.3, -0.25) is 10.1 Å². The molecule has 0 aliphatic carbocycles. The van der Waals surface area contributed by atoms with E-state index in [-0.39, 0.29) is 64.3 Å². The first-order chi connectivity index (χ1) is 19.7. The minimum atomic E-state index is -0.894. The van der Waals surface area contributed by atoms with Gasteiger partial charge in [0.15, 0.2) is 0 Å². The second kappa shape index (κ2) is 13.4. The average Bonchev–Trinajstić information content (AvgIpc) is 2.92. The lowest BCUT2D eigenvalue weighted by Gasteiger charge is -2.28. The molecule has 3 aromatic rings. The van der Waals surface area contributed by atoms with E-state index in [2.05, 4.69) is 10.3 Å². The molecule has 0 spiro atoms. The molecule has 0 atom stereocenters. The van der Waals surface area contributed by atoms with Crippen molar-refractivity contribution in [2.75, 3.05) is 26.1 Å². The fourth-order valence-electron chi connectivity index (χ4n) is 3.83. The summed E-state index contributed by atoms with van der Waals surface area (Å²) in [5.41, 5.74) is -0.758. The third-order valence-electron chi connectivity index (χ3n) is 5.76. The molecule has 0 aliphatic heterocycles. The van der Waals surface area contributed by atoms with Gasteiger partial charge in [0, 0.05) is 30.8 Å². The minimum Gasteiger partial charge on any atom is -0.481 e. The number of esters is 1. The molecule has 1 amide bonds. The van der Waals surface area contributed by atoms with Crippen LogP contribution in [0.3, 0.4) is 0 Å². The van der Waals surface area contributed by atoms with Gasteiger partial charge in [-0.05, 0) is 56.7 Å². The first kappa shape index (κ1) is 32.0. The summed E-state index contributed by atoms with van der Waals surface area (Å²) in [5, 5.41) is 14.2. The van der Waals surface area contributed by atoms with Crippen LogP contribution in [0.4, 0.5) is 30.6 Å². The molecule has 14 heteroatoms. The van der Waals surface area contributed by atoms with Crippen LogP contribution in [0.1, 0.15) is 42.4 Å². The predicted molar refractivity (Wildman–Crippen MR) is 150 cm³/mol. The maximum atomic E-state index is 14.5. The van der Waals surface area contributed by atoms with E-state index in [1.54, 1.807) is 20.8 Å². The number of nitrogens with zero attached hydrogens (tertiary/aromatic N) is 3. The fourth-order valence-corrected chi connectivity index (χ4v) is 4.00. The first-order valence-corrected chi connectivity index (χ1v) is 12.9. The van der Waals surface area contributed by atoms with Crippen molar-refractivity contribution in [1.82, 2.24) is 9.88 Å². The standard InChI is InChI=1S/C28H29ClF2N4O7/c1-28(2,3)42-27(37)34(11-10-22-24(35(38)39)8-9-25(33-22)40-4)15-16-12-17(30)6-7-21(16)32-23-14-20(31)19(29)13-18(23)26(36)41-5/h6-9,12-14,32H,10-11,15H2,1-5H3. The summed E-state index contributed by atoms with van der Waals surface area (Å²) < 4.78 is 44.2. The summed E-state index contributed by atoms with van der Waals surface area (Å²) in [7, 11) is 2.51. The number of carbonyl (C=O) groups is 2. The van der Waals surface area contributed by atoms with E-state index in [1.165, 1.54) is 30.2 Å². The number of methoxy groups -OCH3 is 2. The highest BCUT2D eigenvalue weighted by Crippen LogP contribution is 2.31. The summed E-state index contributed by atoms with van der Waals surface area (Å²) in [6.45, 7) is 4.63. The number of nitro groups is 1. The molecule has 1 aromatic heterocycles. The second-order valence-corrected chi connectivity index (χ2v) is 10.4. The summed E-state index contributed by atoms with van der Waals surface area (Å²) in [5.74, 6) is -2.11. The highest BCUT2D eigenvalue weighted by molar-refractivity contribution is 6.31. The van der Waals surface area contributed by atoms with Crippen LogP contribution >= 0.6 is 11.6 Å². The number of carbonyl (C=O) groups excluding carboxylic acids is 2. The quantitative estimate of drug-likeness (QED) is 0.157. The van der Waals surface area contributed by atoms with Gasteiger partial charge < -0.3 is 24.4 Å². The number of nitrogens with one attached hydrogen (secondary N) is 1. The molecule has 1 N–H and O–H groups in total. The number of amides is 1. The molecule has 11 nitrogen and oxygen atoms in total. The monoisotopic (exact) mass is 606 g/mol. The molecule has 0 saturated carbocycles. The van der Waals surface area contributed by atoms with E-state index < -0.39 is 34.2 Å². The van der Waals surface area contributed by atoms with Crippen LogP contribution in [0.2, 0.25) is 5.02 Å². The lowest BCUT2D eigenvalue weighted by Crippen LogP contribution is -2.38. The minimum absolute atomic E-state index is 0.0170. The van der Waals surface area contributed by atoms with E-state index in [0.717, 1.165) is 31.4 Å². The normalized spacial score (nSPS) is 11.0. The molecule has 3 rings (SSSR count). The summed E-state index contributed by atoms with van der Waals surface area (Å²) in [6.07, 6.45) is -0.851. The number of ether oxygens (including phenoxy) is 3. The molecule has 0 fully saturated rings.